The first-order valence-electron chi connectivity index (χ1n) is 11.4. The highest BCUT2D eigenvalue weighted by molar-refractivity contribution is 5.93. The fraction of sp³-hybridized carbons (Fsp3) is 0.720. The number of ether oxygens (including phenoxy) is 1. The summed E-state index contributed by atoms with van der Waals surface area (Å²) >= 11 is 0. The lowest BCUT2D eigenvalue weighted by Crippen LogP contribution is -2.40. The summed E-state index contributed by atoms with van der Waals surface area (Å²) in [5.74, 6) is 2.53. The van der Waals surface area contributed by atoms with Gasteiger partial charge in [0.2, 0.25) is 0 Å². The van der Waals surface area contributed by atoms with Crippen LogP contribution in [0.2, 0.25) is 0 Å². The van der Waals surface area contributed by atoms with E-state index < -0.39 is 0 Å². The van der Waals surface area contributed by atoms with Crippen LogP contribution >= 0.6 is 0 Å². The molecule has 2 nitrogen and oxygen atoms in total. The van der Waals surface area contributed by atoms with E-state index in [0.717, 1.165) is 31.3 Å². The van der Waals surface area contributed by atoms with E-state index in [0.29, 0.717) is 24.2 Å². The van der Waals surface area contributed by atoms with E-state index in [2.05, 4.69) is 19.1 Å². The Morgan fingerprint density at radius 2 is 1.89 bits per heavy atom. The van der Waals surface area contributed by atoms with Crippen LogP contribution in [0.5, 0.6) is 0 Å². The predicted octanol–water partition coefficient (Wildman–Crippen LogP) is 5.93. The van der Waals surface area contributed by atoms with Crippen LogP contribution in [0.15, 0.2) is 34.9 Å². The Morgan fingerprint density at radius 3 is 2.74 bits per heavy atom. The van der Waals surface area contributed by atoms with E-state index >= 15 is 0 Å². The molecule has 4 unspecified atom stereocenters. The summed E-state index contributed by atoms with van der Waals surface area (Å²) in [6, 6.07) is 0. The molecule has 27 heavy (non-hydrogen) atoms. The molecule has 2 saturated carbocycles. The van der Waals surface area contributed by atoms with E-state index in [4.69, 9.17) is 4.74 Å². The molecule has 0 bridgehead atoms. The van der Waals surface area contributed by atoms with Gasteiger partial charge in [-0.3, -0.25) is 4.79 Å². The zero-order chi connectivity index (χ0) is 18.4. The molecule has 5 aliphatic rings. The molecular weight excluding hydrogens is 332 g/mol. The average Bonchev–Trinajstić information content (AvgIpc) is 3.03. The molecule has 2 heteroatoms. The van der Waals surface area contributed by atoms with Crippen LogP contribution in [-0.2, 0) is 9.53 Å². The van der Waals surface area contributed by atoms with Crippen molar-refractivity contribution in [3.05, 3.63) is 34.9 Å². The number of carbonyl (C=O) groups excluding carboxylic acids is 1. The Bertz CT molecular complexity index is 706. The first kappa shape index (κ1) is 17.9. The molecule has 0 N–H and O–H groups in total. The molecule has 0 aliphatic heterocycles. The first-order chi connectivity index (χ1) is 13.1. The molecule has 0 saturated heterocycles. The van der Waals surface area contributed by atoms with Crippen molar-refractivity contribution in [2.75, 3.05) is 6.61 Å². The third-order valence-electron chi connectivity index (χ3n) is 8.41. The maximum atomic E-state index is 11.8. The lowest BCUT2D eigenvalue weighted by Gasteiger charge is -2.45. The summed E-state index contributed by atoms with van der Waals surface area (Å²) in [5, 5.41) is 0. The zero-order valence-electron chi connectivity index (χ0n) is 16.8. The Labute approximate surface area is 164 Å². The molecule has 0 aromatic heterocycles. The van der Waals surface area contributed by atoms with Crippen molar-refractivity contribution in [1.82, 2.24) is 0 Å². The van der Waals surface area contributed by atoms with Gasteiger partial charge in [0.1, 0.15) is 0 Å². The van der Waals surface area contributed by atoms with Crippen LogP contribution in [0, 0.1) is 23.2 Å². The summed E-state index contributed by atoms with van der Waals surface area (Å²) < 4.78 is 6.59. The molecule has 0 aromatic carbocycles. The number of carbonyl (C=O) groups is 1. The van der Waals surface area contributed by atoms with Crippen molar-refractivity contribution in [3.8, 4) is 0 Å². The maximum Gasteiger partial charge on any atom is 0.156 e. The molecule has 5 aliphatic carbocycles. The van der Waals surface area contributed by atoms with Gasteiger partial charge in [0.25, 0.3) is 0 Å². The van der Waals surface area contributed by atoms with Gasteiger partial charge in [0.05, 0.1) is 6.10 Å². The summed E-state index contributed by atoms with van der Waals surface area (Å²) in [5.41, 5.74) is 4.62. The van der Waals surface area contributed by atoms with E-state index in [1.54, 1.807) is 5.57 Å². The minimum absolute atomic E-state index is 0.203. The fourth-order valence-corrected chi connectivity index (χ4v) is 6.84. The largest absolute Gasteiger partial charge is 0.377 e. The normalized spacial score (nSPS) is 39.1. The highest BCUT2D eigenvalue weighted by Gasteiger charge is 2.52. The summed E-state index contributed by atoms with van der Waals surface area (Å²) in [7, 11) is 0. The zero-order valence-corrected chi connectivity index (χ0v) is 16.8. The minimum Gasteiger partial charge on any atom is -0.377 e. The maximum absolute atomic E-state index is 11.8. The van der Waals surface area contributed by atoms with E-state index in [1.807, 2.05) is 6.08 Å². The van der Waals surface area contributed by atoms with E-state index in [-0.39, 0.29) is 5.41 Å². The Morgan fingerprint density at radius 1 is 1.04 bits per heavy atom. The van der Waals surface area contributed by atoms with Gasteiger partial charge in [0, 0.05) is 18.4 Å². The third-order valence-corrected chi connectivity index (χ3v) is 8.41. The lowest BCUT2D eigenvalue weighted by molar-refractivity contribution is -0.114. The Balaban J connectivity index is 1.36. The number of allylic oxidation sites excluding steroid dienone is 5. The van der Waals surface area contributed by atoms with Gasteiger partial charge in [-0.1, -0.05) is 38.3 Å². The molecule has 0 radical (unpaired) electrons. The molecule has 0 spiro atoms. The molecule has 0 heterocycles. The van der Waals surface area contributed by atoms with Gasteiger partial charge in [-0.05, 0) is 85.5 Å². The monoisotopic (exact) mass is 366 g/mol. The highest BCUT2D eigenvalue weighted by atomic mass is 16.5. The summed E-state index contributed by atoms with van der Waals surface area (Å²) in [6.45, 7) is 3.44. The van der Waals surface area contributed by atoms with E-state index in [9.17, 15) is 4.79 Å². The third kappa shape index (κ3) is 3.09. The van der Waals surface area contributed by atoms with Crippen molar-refractivity contribution in [1.29, 1.82) is 0 Å². The predicted molar refractivity (Wildman–Crippen MR) is 108 cm³/mol. The molecule has 146 valence electrons. The fourth-order valence-electron chi connectivity index (χ4n) is 6.84. The van der Waals surface area contributed by atoms with Crippen LogP contribution in [0.3, 0.4) is 0 Å². The molecule has 2 fully saturated rings. The summed E-state index contributed by atoms with van der Waals surface area (Å²) in [4.78, 5) is 11.8. The quantitative estimate of drug-likeness (QED) is 0.618. The van der Waals surface area contributed by atoms with Crippen LogP contribution in [0.1, 0.15) is 77.6 Å². The van der Waals surface area contributed by atoms with Gasteiger partial charge in [-0.15, -0.1) is 0 Å². The number of hydrogen-bond acceptors (Lipinski definition) is 2. The second-order valence-corrected chi connectivity index (χ2v) is 9.92. The van der Waals surface area contributed by atoms with Gasteiger partial charge in [-0.25, -0.2) is 0 Å². The SMILES string of the molecule is CC12C=CC3=C4CCC(=O)C=C4CCC3C1CCC2OCC1CCCCC1. The van der Waals surface area contributed by atoms with Gasteiger partial charge < -0.3 is 4.74 Å². The highest BCUT2D eigenvalue weighted by Crippen LogP contribution is 2.58. The molecule has 0 aromatic rings. The standard InChI is InChI=1S/C25H34O2/c1-25-14-13-21-20-10-8-19(26)15-18(20)7-9-22(21)23(25)11-12-24(25)27-16-17-5-3-2-4-6-17/h13-15,17,22-24H,2-12,16H2,1H3. The smallest absolute Gasteiger partial charge is 0.156 e. The average molecular weight is 367 g/mol. The minimum atomic E-state index is 0.203. The van der Waals surface area contributed by atoms with E-state index in [1.165, 1.54) is 62.5 Å². The van der Waals surface area contributed by atoms with Crippen LogP contribution in [0.25, 0.3) is 0 Å². The van der Waals surface area contributed by atoms with Crippen molar-refractivity contribution >= 4 is 5.78 Å². The number of fused-ring (bicyclic) bond motifs is 4. The second-order valence-electron chi connectivity index (χ2n) is 9.92. The van der Waals surface area contributed by atoms with Gasteiger partial charge >= 0.3 is 0 Å². The number of hydrogen-bond donors (Lipinski definition) is 0. The van der Waals surface area contributed by atoms with Gasteiger partial charge in [-0.2, -0.15) is 0 Å². The second kappa shape index (κ2) is 7.03. The first-order valence-corrected chi connectivity index (χ1v) is 11.4. The Hall–Kier alpha value is -1.15. The molecule has 0 amide bonds. The number of rotatable bonds is 3. The van der Waals surface area contributed by atoms with Crippen molar-refractivity contribution in [2.24, 2.45) is 23.2 Å². The van der Waals surface area contributed by atoms with Crippen molar-refractivity contribution < 1.29 is 9.53 Å². The lowest BCUT2D eigenvalue weighted by atomic mass is 9.60. The summed E-state index contributed by atoms with van der Waals surface area (Å²) in [6.07, 6.45) is 20.7. The van der Waals surface area contributed by atoms with Gasteiger partial charge in [0.15, 0.2) is 5.78 Å². The Kier molecular flexibility index (Phi) is 4.66. The molecular formula is C25H34O2. The van der Waals surface area contributed by atoms with Crippen molar-refractivity contribution in [3.63, 3.8) is 0 Å². The van der Waals surface area contributed by atoms with Crippen LogP contribution < -0.4 is 0 Å². The van der Waals surface area contributed by atoms with Crippen molar-refractivity contribution in [2.45, 2.75) is 83.7 Å². The molecule has 5 rings (SSSR count). The molecule has 4 atom stereocenters. The topological polar surface area (TPSA) is 26.3 Å². The van der Waals surface area contributed by atoms with Crippen LogP contribution in [0.4, 0.5) is 0 Å². The van der Waals surface area contributed by atoms with Crippen LogP contribution in [-0.4, -0.2) is 18.5 Å². The number of ketones is 1.